The molecule has 2 atom stereocenters. The number of ether oxygens (including phenoxy) is 1. The summed E-state index contributed by atoms with van der Waals surface area (Å²) in [5, 5.41) is 4.58. The van der Waals surface area contributed by atoms with Crippen LogP contribution >= 0.6 is 0 Å². The second-order valence-electron chi connectivity index (χ2n) is 10.5. The van der Waals surface area contributed by atoms with Crippen molar-refractivity contribution < 1.29 is 18.7 Å². The van der Waals surface area contributed by atoms with Crippen molar-refractivity contribution in [1.29, 1.82) is 0 Å². The van der Waals surface area contributed by atoms with E-state index in [2.05, 4.69) is 10.1 Å². The van der Waals surface area contributed by atoms with E-state index in [-0.39, 0.29) is 24.1 Å². The van der Waals surface area contributed by atoms with Gasteiger partial charge in [0.2, 0.25) is 0 Å². The normalized spacial score (nSPS) is 21.7. The third kappa shape index (κ3) is 4.33. The van der Waals surface area contributed by atoms with Crippen molar-refractivity contribution in [1.82, 2.24) is 19.7 Å². The van der Waals surface area contributed by atoms with Crippen molar-refractivity contribution in [2.24, 2.45) is 11.3 Å². The molecule has 1 aliphatic heterocycles. The van der Waals surface area contributed by atoms with E-state index < -0.39 is 17.1 Å². The van der Waals surface area contributed by atoms with Crippen molar-refractivity contribution in [2.45, 2.75) is 45.6 Å². The summed E-state index contributed by atoms with van der Waals surface area (Å²) in [7, 11) is 0. The first-order valence-electron chi connectivity index (χ1n) is 11.9. The van der Waals surface area contributed by atoms with Crippen LogP contribution in [0, 0.1) is 17.2 Å². The van der Waals surface area contributed by atoms with Gasteiger partial charge in [-0.05, 0) is 87.9 Å². The fourth-order valence-corrected chi connectivity index (χ4v) is 5.36. The SMILES string of the molecule is CC(C)(C)OC(=O)N1CCC2Cc3c(cnn3-c3ccc(F)cc3)C[C@]2(C(=O)c2ccccn2)C1. The molecule has 1 saturated heterocycles. The molecule has 0 N–H and O–H groups in total. The first kappa shape index (κ1) is 23.2. The number of aromatic nitrogens is 3. The van der Waals surface area contributed by atoms with Crippen LogP contribution in [0.5, 0.6) is 0 Å². The number of carbonyl (C=O) groups excluding carboxylic acids is 2. The first-order chi connectivity index (χ1) is 16.7. The monoisotopic (exact) mass is 476 g/mol. The molecule has 0 radical (unpaired) electrons. The van der Waals surface area contributed by atoms with Crippen LogP contribution in [0.1, 0.15) is 48.9 Å². The van der Waals surface area contributed by atoms with E-state index in [0.29, 0.717) is 31.5 Å². The highest BCUT2D eigenvalue weighted by Gasteiger charge is 2.54. The van der Waals surface area contributed by atoms with Crippen molar-refractivity contribution in [3.8, 4) is 5.69 Å². The van der Waals surface area contributed by atoms with Gasteiger partial charge < -0.3 is 9.64 Å². The summed E-state index contributed by atoms with van der Waals surface area (Å²) < 4.78 is 21.0. The highest BCUT2D eigenvalue weighted by Crippen LogP contribution is 2.47. The maximum absolute atomic E-state index is 14.0. The molecule has 1 unspecified atom stereocenters. The Hall–Kier alpha value is -3.55. The van der Waals surface area contributed by atoms with Gasteiger partial charge in [-0.25, -0.2) is 13.9 Å². The van der Waals surface area contributed by atoms with Crippen LogP contribution in [0.4, 0.5) is 9.18 Å². The Bertz CT molecular complexity index is 1250. The molecule has 7 nitrogen and oxygen atoms in total. The lowest BCUT2D eigenvalue weighted by molar-refractivity contribution is -0.0105. The molecule has 1 amide bonds. The number of piperidine rings is 1. The Morgan fingerprint density at radius 3 is 2.60 bits per heavy atom. The van der Waals surface area contributed by atoms with Gasteiger partial charge in [0.15, 0.2) is 5.78 Å². The molecule has 182 valence electrons. The lowest BCUT2D eigenvalue weighted by atomic mass is 9.60. The van der Waals surface area contributed by atoms with Gasteiger partial charge in [0, 0.05) is 25.0 Å². The number of rotatable bonds is 3. The highest BCUT2D eigenvalue weighted by molar-refractivity contribution is 6.00. The third-order valence-electron chi connectivity index (χ3n) is 6.98. The Labute approximate surface area is 203 Å². The number of Topliss-reactive ketones (excluding diaryl/α,β-unsaturated/α-hetero) is 1. The van der Waals surface area contributed by atoms with Crippen molar-refractivity contribution in [2.75, 3.05) is 13.1 Å². The van der Waals surface area contributed by atoms with Gasteiger partial charge in [-0.15, -0.1) is 0 Å². The van der Waals surface area contributed by atoms with E-state index >= 15 is 0 Å². The van der Waals surface area contributed by atoms with Gasteiger partial charge in [-0.2, -0.15) is 5.10 Å². The second-order valence-corrected chi connectivity index (χ2v) is 10.5. The summed E-state index contributed by atoms with van der Waals surface area (Å²) in [6.45, 7) is 6.29. The third-order valence-corrected chi connectivity index (χ3v) is 6.98. The predicted octanol–water partition coefficient (Wildman–Crippen LogP) is 4.63. The molecule has 5 rings (SSSR count). The molecule has 2 aromatic heterocycles. The Morgan fingerprint density at radius 2 is 1.91 bits per heavy atom. The van der Waals surface area contributed by atoms with Crippen LogP contribution in [0.3, 0.4) is 0 Å². The standard InChI is InChI=1S/C27H29FN4O3/c1-26(2,3)35-25(34)31-13-11-19-14-23-18(16-30-32(23)21-9-7-20(28)8-10-21)15-27(19,17-31)24(33)22-6-4-5-12-29-22/h4-10,12,16,19H,11,13-15,17H2,1-3H3/t19?,27-/m0/s1. The van der Waals surface area contributed by atoms with Gasteiger partial charge in [-0.3, -0.25) is 9.78 Å². The van der Waals surface area contributed by atoms with Crippen molar-refractivity contribution >= 4 is 11.9 Å². The molecule has 0 saturated carbocycles. The molecular weight excluding hydrogens is 447 g/mol. The molecule has 3 aromatic rings. The van der Waals surface area contributed by atoms with Crippen molar-refractivity contribution in [3.63, 3.8) is 0 Å². The number of pyridine rings is 1. The molecule has 8 heteroatoms. The van der Waals surface area contributed by atoms with Crippen LogP contribution in [-0.2, 0) is 17.6 Å². The smallest absolute Gasteiger partial charge is 0.410 e. The summed E-state index contributed by atoms with van der Waals surface area (Å²) in [5.41, 5.74) is 1.72. The second kappa shape index (κ2) is 8.59. The van der Waals surface area contributed by atoms with E-state index in [1.54, 1.807) is 47.6 Å². The minimum absolute atomic E-state index is 0.000841. The fraction of sp³-hybridized carbons (Fsp3) is 0.407. The average Bonchev–Trinajstić information content (AvgIpc) is 3.24. The molecule has 1 fully saturated rings. The van der Waals surface area contributed by atoms with Crippen molar-refractivity contribution in [3.05, 3.63) is 77.6 Å². The topological polar surface area (TPSA) is 77.3 Å². The number of ketones is 1. The number of halogens is 1. The quantitative estimate of drug-likeness (QED) is 0.515. The number of hydrogen-bond donors (Lipinski definition) is 0. The number of benzene rings is 1. The maximum Gasteiger partial charge on any atom is 0.410 e. The van der Waals surface area contributed by atoms with Crippen LogP contribution in [0.2, 0.25) is 0 Å². The lowest BCUT2D eigenvalue weighted by Crippen LogP contribution is -2.58. The number of amides is 1. The number of hydrogen-bond acceptors (Lipinski definition) is 5. The Morgan fingerprint density at radius 1 is 1.14 bits per heavy atom. The summed E-state index contributed by atoms with van der Waals surface area (Å²) in [6.07, 6.45) is 4.74. The molecule has 1 aromatic carbocycles. The summed E-state index contributed by atoms with van der Waals surface area (Å²) >= 11 is 0. The average molecular weight is 477 g/mol. The molecule has 3 heterocycles. The molecule has 0 bridgehead atoms. The van der Waals surface area contributed by atoms with Gasteiger partial charge in [-0.1, -0.05) is 6.07 Å². The molecule has 2 aliphatic rings. The Balaban J connectivity index is 1.53. The number of likely N-dealkylation sites (tertiary alicyclic amines) is 1. The lowest BCUT2D eigenvalue weighted by Gasteiger charge is -2.49. The van der Waals surface area contributed by atoms with E-state index in [9.17, 15) is 14.0 Å². The van der Waals surface area contributed by atoms with Gasteiger partial charge in [0.05, 0.1) is 17.3 Å². The van der Waals surface area contributed by atoms with E-state index in [1.165, 1.54) is 12.1 Å². The van der Waals surface area contributed by atoms with Gasteiger partial charge >= 0.3 is 6.09 Å². The number of nitrogens with zero attached hydrogens (tertiary/aromatic N) is 4. The zero-order valence-corrected chi connectivity index (χ0v) is 20.2. The van der Waals surface area contributed by atoms with Crippen LogP contribution in [0.25, 0.3) is 5.69 Å². The van der Waals surface area contributed by atoms with Gasteiger partial charge in [0.1, 0.15) is 17.1 Å². The van der Waals surface area contributed by atoms with Gasteiger partial charge in [0.25, 0.3) is 0 Å². The maximum atomic E-state index is 14.0. The minimum Gasteiger partial charge on any atom is -0.444 e. The Kier molecular flexibility index (Phi) is 5.69. The summed E-state index contributed by atoms with van der Waals surface area (Å²) in [6, 6.07) is 11.6. The zero-order valence-electron chi connectivity index (χ0n) is 20.2. The summed E-state index contributed by atoms with van der Waals surface area (Å²) in [5.74, 6) is -0.361. The van der Waals surface area contributed by atoms with E-state index in [4.69, 9.17) is 4.74 Å². The number of carbonyl (C=O) groups is 2. The summed E-state index contributed by atoms with van der Waals surface area (Å²) in [4.78, 5) is 33.0. The molecule has 0 spiro atoms. The fourth-order valence-electron chi connectivity index (χ4n) is 5.36. The van der Waals surface area contributed by atoms with Crippen LogP contribution in [0.15, 0.2) is 54.9 Å². The molecular formula is C27H29FN4O3. The predicted molar refractivity (Wildman–Crippen MR) is 128 cm³/mol. The number of fused-ring (bicyclic) bond motifs is 2. The van der Waals surface area contributed by atoms with E-state index in [0.717, 1.165) is 16.9 Å². The van der Waals surface area contributed by atoms with Crippen LogP contribution in [-0.4, -0.2) is 50.2 Å². The molecule has 35 heavy (non-hydrogen) atoms. The van der Waals surface area contributed by atoms with Crippen LogP contribution < -0.4 is 0 Å². The minimum atomic E-state index is -0.826. The highest BCUT2D eigenvalue weighted by atomic mass is 19.1. The molecule has 1 aliphatic carbocycles. The zero-order chi connectivity index (χ0) is 24.8. The first-order valence-corrected chi connectivity index (χ1v) is 11.9. The largest absolute Gasteiger partial charge is 0.444 e. The van der Waals surface area contributed by atoms with E-state index in [1.807, 2.05) is 25.5 Å².